The summed E-state index contributed by atoms with van der Waals surface area (Å²) >= 11 is 1.39. The molecule has 10 heteroatoms. The first-order valence-corrected chi connectivity index (χ1v) is 17.6. The number of aryl methyl sites for hydroxylation is 2. The highest BCUT2D eigenvalue weighted by molar-refractivity contribution is 7.09. The number of aromatic nitrogens is 2. The predicted octanol–water partition coefficient (Wildman–Crippen LogP) is 5.23. The molecule has 3 aliphatic rings. The molecule has 0 bridgehead atoms. The minimum Gasteiger partial charge on any atom is -0.395 e. The van der Waals surface area contributed by atoms with Gasteiger partial charge in [-0.25, -0.2) is 4.98 Å². The molecule has 2 aromatic heterocycles. The van der Waals surface area contributed by atoms with Gasteiger partial charge in [0.2, 0.25) is 0 Å². The third-order valence-corrected chi connectivity index (χ3v) is 11.0. The van der Waals surface area contributed by atoms with Gasteiger partial charge >= 0.3 is 0 Å². The van der Waals surface area contributed by atoms with Crippen molar-refractivity contribution >= 4 is 23.3 Å². The Balaban J connectivity index is 0.939. The van der Waals surface area contributed by atoms with Crippen LogP contribution in [0.3, 0.4) is 0 Å². The monoisotopic (exact) mass is 652 g/mol. The van der Waals surface area contributed by atoms with Gasteiger partial charge in [0.05, 0.1) is 41.5 Å². The van der Waals surface area contributed by atoms with Crippen molar-refractivity contribution in [1.82, 2.24) is 24.5 Å². The van der Waals surface area contributed by atoms with Gasteiger partial charge in [-0.3, -0.25) is 14.6 Å². The largest absolute Gasteiger partial charge is 0.395 e. The summed E-state index contributed by atoms with van der Waals surface area (Å²) in [4.78, 5) is 23.5. The van der Waals surface area contributed by atoms with Crippen LogP contribution in [-0.4, -0.2) is 81.6 Å². The van der Waals surface area contributed by atoms with E-state index in [0.29, 0.717) is 18.2 Å². The molecule has 4 N–H and O–H groups in total. The number of nitrogens with one attached hydrogen (secondary N) is 1. The van der Waals surface area contributed by atoms with Crippen molar-refractivity contribution < 1.29 is 14.6 Å². The van der Waals surface area contributed by atoms with E-state index >= 15 is 0 Å². The molecule has 4 aromatic rings. The van der Waals surface area contributed by atoms with Gasteiger partial charge in [-0.1, -0.05) is 42.5 Å². The number of pyridine rings is 1. The molecule has 2 fully saturated rings. The van der Waals surface area contributed by atoms with Crippen LogP contribution in [0.1, 0.15) is 64.5 Å². The Morgan fingerprint density at radius 1 is 1.02 bits per heavy atom. The molecule has 0 unspecified atom stereocenters. The summed E-state index contributed by atoms with van der Waals surface area (Å²) < 4.78 is 10.7. The van der Waals surface area contributed by atoms with Crippen LogP contribution in [0, 0.1) is 6.92 Å². The third-order valence-electron chi connectivity index (χ3n) is 10.0. The minimum absolute atomic E-state index is 0.0533. The van der Waals surface area contributed by atoms with Gasteiger partial charge < -0.3 is 20.9 Å². The molecule has 2 aromatic carbocycles. The number of rotatable bonds is 10. The molecule has 1 saturated carbocycles. The first kappa shape index (κ1) is 31.9. The predicted molar refractivity (Wildman–Crippen MR) is 186 cm³/mol. The molecule has 7 rings (SSSR count). The lowest BCUT2D eigenvalue weighted by Crippen LogP contribution is -2.47. The quantitative estimate of drug-likeness (QED) is 0.213. The second kappa shape index (κ2) is 14.2. The van der Waals surface area contributed by atoms with Crippen molar-refractivity contribution in [1.29, 1.82) is 0 Å². The summed E-state index contributed by atoms with van der Waals surface area (Å²) in [5.41, 5.74) is 14.8. The molecular weight excluding hydrogens is 609 g/mol. The zero-order valence-electron chi connectivity index (χ0n) is 27.0. The number of amides is 1. The number of hydrogen-bond donors (Lipinski definition) is 3. The standard InChI is InChI=1S/C37H44N6O3S/c1-24-19-35(47-41-24)29-21-31(36(38)39-22-29)37(45)40-32-3-2-4-34(32)46-23-25-5-7-26(8-6-25)27-9-11-30-28(20-27)10-12-33(30)43-15-13-42(14-16-43)17-18-44/h5-9,11,19-22,32-34,44H,2-4,10,12-18,23H2,1H3,(H2,38,39)(H,40,45)/t32-,33-,34-/m0/s1. The van der Waals surface area contributed by atoms with Crippen molar-refractivity contribution in [3.8, 4) is 21.6 Å². The number of carbonyl (C=O) groups excluding carboxylic acids is 1. The van der Waals surface area contributed by atoms with Gasteiger partial charge in [0, 0.05) is 50.5 Å². The van der Waals surface area contributed by atoms with Gasteiger partial charge in [-0.05, 0) is 90.5 Å². The van der Waals surface area contributed by atoms with E-state index in [2.05, 4.69) is 66.9 Å². The van der Waals surface area contributed by atoms with Crippen LogP contribution in [0.5, 0.6) is 0 Å². The van der Waals surface area contributed by atoms with Gasteiger partial charge in [0.25, 0.3) is 5.91 Å². The van der Waals surface area contributed by atoms with E-state index in [1.54, 1.807) is 12.3 Å². The highest BCUT2D eigenvalue weighted by Gasteiger charge is 2.32. The number of fused-ring (bicyclic) bond motifs is 1. The van der Waals surface area contributed by atoms with Gasteiger partial charge in [-0.15, -0.1) is 0 Å². The Bertz CT molecular complexity index is 1700. The lowest BCUT2D eigenvalue weighted by atomic mass is 9.98. The molecule has 2 aliphatic carbocycles. The number of carbonyl (C=O) groups is 1. The average Bonchev–Trinajstić information content (AvgIpc) is 3.84. The molecule has 9 nitrogen and oxygen atoms in total. The zero-order valence-corrected chi connectivity index (χ0v) is 27.8. The molecule has 1 saturated heterocycles. The summed E-state index contributed by atoms with van der Waals surface area (Å²) in [6.45, 7) is 7.66. The lowest BCUT2D eigenvalue weighted by molar-refractivity contribution is 0.0272. The van der Waals surface area contributed by atoms with Crippen molar-refractivity contribution in [2.45, 2.75) is 63.8 Å². The van der Waals surface area contributed by atoms with Crippen molar-refractivity contribution in [2.24, 2.45) is 0 Å². The van der Waals surface area contributed by atoms with Crippen LogP contribution in [0.15, 0.2) is 60.8 Å². The van der Waals surface area contributed by atoms with E-state index in [1.165, 1.54) is 40.2 Å². The molecule has 1 aliphatic heterocycles. The molecule has 246 valence electrons. The van der Waals surface area contributed by atoms with Crippen LogP contribution in [-0.2, 0) is 17.8 Å². The fourth-order valence-electron chi connectivity index (χ4n) is 7.42. The Kier molecular flexibility index (Phi) is 9.65. The average molecular weight is 653 g/mol. The summed E-state index contributed by atoms with van der Waals surface area (Å²) in [5, 5.41) is 12.4. The molecule has 0 radical (unpaired) electrons. The van der Waals surface area contributed by atoms with Crippen LogP contribution < -0.4 is 11.1 Å². The minimum atomic E-state index is -0.218. The number of β-amino-alcohol motifs (C(OH)–C–C–N with tert-alkyl or cyclic N) is 1. The van der Waals surface area contributed by atoms with Gasteiger partial charge in [0.1, 0.15) is 5.82 Å². The molecule has 0 spiro atoms. The maximum atomic E-state index is 13.3. The highest BCUT2D eigenvalue weighted by atomic mass is 32.1. The molecule has 47 heavy (non-hydrogen) atoms. The van der Waals surface area contributed by atoms with Gasteiger partial charge in [0.15, 0.2) is 0 Å². The first-order chi connectivity index (χ1) is 22.9. The van der Waals surface area contributed by atoms with Crippen LogP contribution in [0.4, 0.5) is 5.82 Å². The zero-order chi connectivity index (χ0) is 32.3. The number of anilines is 1. The summed E-state index contributed by atoms with van der Waals surface area (Å²) in [7, 11) is 0. The molecule has 3 atom stereocenters. The van der Waals surface area contributed by atoms with E-state index < -0.39 is 0 Å². The highest BCUT2D eigenvalue weighted by Crippen LogP contribution is 2.38. The number of benzene rings is 2. The van der Waals surface area contributed by atoms with Crippen LogP contribution >= 0.6 is 11.5 Å². The third kappa shape index (κ3) is 7.12. The summed E-state index contributed by atoms with van der Waals surface area (Å²) in [6, 6.07) is 19.9. The number of ether oxygens (including phenoxy) is 1. The van der Waals surface area contributed by atoms with E-state index in [-0.39, 0.29) is 30.5 Å². The van der Waals surface area contributed by atoms with E-state index in [0.717, 1.165) is 80.1 Å². The Morgan fingerprint density at radius 2 is 1.83 bits per heavy atom. The number of piperazine rings is 1. The smallest absolute Gasteiger partial charge is 0.255 e. The van der Waals surface area contributed by atoms with Gasteiger partial charge in [-0.2, -0.15) is 4.37 Å². The van der Waals surface area contributed by atoms with E-state index in [9.17, 15) is 9.90 Å². The number of aliphatic hydroxyl groups is 1. The number of aliphatic hydroxyl groups excluding tert-OH is 1. The van der Waals surface area contributed by atoms with Crippen LogP contribution in [0.25, 0.3) is 21.6 Å². The first-order valence-electron chi connectivity index (χ1n) is 16.9. The fourth-order valence-corrected chi connectivity index (χ4v) is 8.15. The lowest BCUT2D eigenvalue weighted by Gasteiger charge is -2.38. The van der Waals surface area contributed by atoms with Crippen molar-refractivity contribution in [3.05, 3.63) is 88.7 Å². The Hall–Kier alpha value is -3.67. The Morgan fingerprint density at radius 3 is 2.60 bits per heavy atom. The maximum Gasteiger partial charge on any atom is 0.255 e. The molecule has 1 amide bonds. The van der Waals surface area contributed by atoms with Crippen molar-refractivity contribution in [2.75, 3.05) is 45.1 Å². The second-order valence-electron chi connectivity index (χ2n) is 13.1. The van der Waals surface area contributed by atoms with E-state index in [4.69, 9.17) is 10.5 Å². The number of nitrogen functional groups attached to an aromatic ring is 1. The molecule has 3 heterocycles. The normalized spacial score (nSPS) is 21.6. The van der Waals surface area contributed by atoms with E-state index in [1.807, 2.05) is 13.0 Å². The number of hydrogen-bond acceptors (Lipinski definition) is 9. The SMILES string of the molecule is Cc1cc(-c2cnc(N)c(C(=O)N[C@H]3CCC[C@@H]3OCc3ccc(-c4ccc5c(c4)CC[C@@H]5N4CCN(CCO)CC4)cc3)c2)sn1. The number of nitrogens with zero attached hydrogens (tertiary/aromatic N) is 4. The topological polar surface area (TPSA) is 117 Å². The second-order valence-corrected chi connectivity index (χ2v) is 13.9. The van der Waals surface area contributed by atoms with Crippen LogP contribution in [0.2, 0.25) is 0 Å². The fraction of sp³-hybridized carbons (Fsp3) is 0.432. The number of nitrogens with two attached hydrogens (primary N) is 1. The maximum absolute atomic E-state index is 13.3. The summed E-state index contributed by atoms with van der Waals surface area (Å²) in [6.07, 6.45) is 6.72. The van der Waals surface area contributed by atoms with Crippen molar-refractivity contribution in [3.63, 3.8) is 0 Å². The summed E-state index contributed by atoms with van der Waals surface area (Å²) in [5.74, 6) is 0.00354. The molecular formula is C37H44N6O3S. The Labute approximate surface area is 280 Å².